The van der Waals surface area contributed by atoms with Crippen molar-refractivity contribution in [1.82, 2.24) is 4.90 Å². The average Bonchev–Trinajstić information content (AvgIpc) is 2.84. The highest BCUT2D eigenvalue weighted by Gasteiger charge is 2.17. The molecule has 2 amide bonds. The summed E-state index contributed by atoms with van der Waals surface area (Å²) in [4.78, 5) is 28.7. The SMILES string of the molecule is NC(=O)c1ccc(Cl)cc1OCC(=O)Nc1ccc(N2CCN(Cc3ccccc3)CC2)cc1. The summed E-state index contributed by atoms with van der Waals surface area (Å²) in [6.07, 6.45) is 0. The van der Waals surface area contributed by atoms with Crippen LogP contribution in [-0.4, -0.2) is 49.5 Å². The third-order valence-electron chi connectivity index (χ3n) is 5.71. The number of nitrogens with two attached hydrogens (primary N) is 1. The molecule has 0 aromatic heterocycles. The molecule has 0 aliphatic carbocycles. The van der Waals surface area contributed by atoms with Crippen molar-refractivity contribution < 1.29 is 14.3 Å². The summed E-state index contributed by atoms with van der Waals surface area (Å²) < 4.78 is 5.47. The predicted octanol–water partition coefficient (Wildman–Crippen LogP) is 3.78. The molecule has 8 heteroatoms. The Kier molecular flexibility index (Phi) is 7.67. The topological polar surface area (TPSA) is 87.9 Å². The molecule has 1 saturated heterocycles. The highest BCUT2D eigenvalue weighted by atomic mass is 35.5. The number of nitrogens with one attached hydrogen (secondary N) is 1. The van der Waals surface area contributed by atoms with Gasteiger partial charge in [-0.05, 0) is 48.0 Å². The van der Waals surface area contributed by atoms with E-state index in [-0.39, 0.29) is 23.8 Å². The summed E-state index contributed by atoms with van der Waals surface area (Å²) in [5.41, 5.74) is 8.64. The highest BCUT2D eigenvalue weighted by Crippen LogP contribution is 2.24. The van der Waals surface area contributed by atoms with E-state index in [1.54, 1.807) is 6.07 Å². The molecular formula is C26H27ClN4O3. The number of halogens is 1. The van der Waals surface area contributed by atoms with Crippen LogP contribution in [-0.2, 0) is 11.3 Å². The molecule has 4 rings (SSSR count). The largest absolute Gasteiger partial charge is 0.483 e. The average molecular weight is 479 g/mol. The molecule has 3 aromatic carbocycles. The molecule has 0 saturated carbocycles. The third-order valence-corrected chi connectivity index (χ3v) is 5.94. The van der Waals surface area contributed by atoms with E-state index in [4.69, 9.17) is 22.1 Å². The number of benzene rings is 3. The zero-order valence-corrected chi connectivity index (χ0v) is 19.5. The molecule has 1 fully saturated rings. The van der Waals surface area contributed by atoms with Crippen molar-refractivity contribution in [3.8, 4) is 5.75 Å². The van der Waals surface area contributed by atoms with Gasteiger partial charge in [-0.2, -0.15) is 0 Å². The molecule has 176 valence electrons. The number of rotatable bonds is 8. The Morgan fingerprint density at radius 2 is 1.65 bits per heavy atom. The van der Waals surface area contributed by atoms with Crippen molar-refractivity contribution in [2.45, 2.75) is 6.54 Å². The fourth-order valence-electron chi connectivity index (χ4n) is 3.92. The van der Waals surface area contributed by atoms with Gasteiger partial charge >= 0.3 is 0 Å². The normalized spacial score (nSPS) is 14.0. The summed E-state index contributed by atoms with van der Waals surface area (Å²) in [5.74, 6) is -0.821. The molecule has 3 aromatic rings. The highest BCUT2D eigenvalue weighted by molar-refractivity contribution is 6.30. The van der Waals surface area contributed by atoms with Gasteiger partial charge in [0, 0.05) is 49.1 Å². The maximum absolute atomic E-state index is 12.3. The van der Waals surface area contributed by atoms with Crippen molar-refractivity contribution in [3.63, 3.8) is 0 Å². The second-order valence-electron chi connectivity index (χ2n) is 8.14. The van der Waals surface area contributed by atoms with Crippen LogP contribution >= 0.6 is 11.6 Å². The number of anilines is 2. The van der Waals surface area contributed by atoms with E-state index >= 15 is 0 Å². The molecule has 34 heavy (non-hydrogen) atoms. The minimum atomic E-state index is -0.649. The minimum absolute atomic E-state index is 0.172. The Labute approximate surface area is 204 Å². The number of piperazine rings is 1. The molecule has 3 N–H and O–H groups in total. The molecule has 1 heterocycles. The van der Waals surface area contributed by atoms with Gasteiger partial charge in [-0.15, -0.1) is 0 Å². The van der Waals surface area contributed by atoms with Crippen molar-refractivity contribution in [2.24, 2.45) is 5.73 Å². The maximum Gasteiger partial charge on any atom is 0.262 e. The maximum atomic E-state index is 12.3. The molecule has 0 atom stereocenters. The molecule has 7 nitrogen and oxygen atoms in total. The van der Waals surface area contributed by atoms with E-state index in [0.717, 1.165) is 38.4 Å². The van der Waals surface area contributed by atoms with Crippen molar-refractivity contribution in [2.75, 3.05) is 43.0 Å². The van der Waals surface area contributed by atoms with Gasteiger partial charge in [-0.3, -0.25) is 14.5 Å². The summed E-state index contributed by atoms with van der Waals surface area (Å²) in [6.45, 7) is 4.61. The van der Waals surface area contributed by atoms with Gasteiger partial charge in [0.1, 0.15) is 5.75 Å². The van der Waals surface area contributed by atoms with Crippen LogP contribution < -0.4 is 20.7 Å². The molecule has 1 aliphatic rings. The number of carbonyl (C=O) groups is 2. The zero-order chi connectivity index (χ0) is 23.9. The molecule has 1 aliphatic heterocycles. The quantitative estimate of drug-likeness (QED) is 0.514. The van der Waals surface area contributed by atoms with Gasteiger partial charge in [-0.1, -0.05) is 41.9 Å². The number of ether oxygens (including phenoxy) is 1. The lowest BCUT2D eigenvalue weighted by Crippen LogP contribution is -2.45. The smallest absolute Gasteiger partial charge is 0.262 e. The van der Waals surface area contributed by atoms with E-state index < -0.39 is 5.91 Å². The monoisotopic (exact) mass is 478 g/mol. The van der Waals surface area contributed by atoms with Crippen LogP contribution in [0.4, 0.5) is 11.4 Å². The van der Waals surface area contributed by atoms with Crippen LogP contribution in [0.2, 0.25) is 5.02 Å². The Morgan fingerprint density at radius 1 is 0.941 bits per heavy atom. The third kappa shape index (κ3) is 6.27. The van der Waals surface area contributed by atoms with E-state index in [1.165, 1.54) is 17.7 Å². The number of primary amides is 1. The van der Waals surface area contributed by atoms with Gasteiger partial charge in [0.25, 0.3) is 11.8 Å². The lowest BCUT2D eigenvalue weighted by molar-refractivity contribution is -0.118. The van der Waals surface area contributed by atoms with Gasteiger partial charge in [-0.25, -0.2) is 0 Å². The first kappa shape index (κ1) is 23.6. The molecule has 0 bridgehead atoms. The van der Waals surface area contributed by atoms with E-state index in [9.17, 15) is 9.59 Å². The number of amides is 2. The number of nitrogens with zero attached hydrogens (tertiary/aromatic N) is 2. The molecular weight excluding hydrogens is 452 g/mol. The summed E-state index contributed by atoms with van der Waals surface area (Å²) in [5, 5.41) is 3.19. The standard InChI is InChI=1S/C26H27ClN4O3/c27-20-6-11-23(26(28)33)24(16-20)34-18-25(32)29-21-7-9-22(10-8-21)31-14-12-30(13-15-31)17-19-4-2-1-3-5-19/h1-11,16H,12-15,17-18H2,(H2,28,33)(H,29,32). The van der Waals surface area contributed by atoms with Crippen molar-refractivity contribution in [3.05, 3.63) is 88.9 Å². The second-order valence-corrected chi connectivity index (χ2v) is 8.57. The lowest BCUT2D eigenvalue weighted by atomic mass is 10.2. The summed E-state index contributed by atoms with van der Waals surface area (Å²) >= 11 is 5.95. The van der Waals surface area contributed by atoms with Gasteiger partial charge in [0.2, 0.25) is 0 Å². The number of hydrogen-bond donors (Lipinski definition) is 2. The van der Waals surface area contributed by atoms with Crippen LogP contribution in [0, 0.1) is 0 Å². The van der Waals surface area contributed by atoms with Gasteiger partial charge in [0.05, 0.1) is 5.56 Å². The Hall–Kier alpha value is -3.55. The van der Waals surface area contributed by atoms with E-state index in [1.807, 2.05) is 30.3 Å². The van der Waals surface area contributed by atoms with Crippen molar-refractivity contribution in [1.29, 1.82) is 0 Å². The Bertz CT molecular complexity index is 1130. The van der Waals surface area contributed by atoms with E-state index in [0.29, 0.717) is 10.7 Å². The van der Waals surface area contributed by atoms with Crippen LogP contribution in [0.3, 0.4) is 0 Å². The Balaban J connectivity index is 1.26. The fourth-order valence-corrected chi connectivity index (χ4v) is 4.08. The summed E-state index contributed by atoms with van der Waals surface area (Å²) in [7, 11) is 0. The summed E-state index contributed by atoms with van der Waals surface area (Å²) in [6, 6.07) is 22.8. The Morgan fingerprint density at radius 3 is 2.32 bits per heavy atom. The molecule has 0 unspecified atom stereocenters. The van der Waals surface area contributed by atoms with Crippen molar-refractivity contribution >= 4 is 34.8 Å². The lowest BCUT2D eigenvalue weighted by Gasteiger charge is -2.36. The number of carbonyl (C=O) groups excluding carboxylic acids is 2. The van der Waals surface area contributed by atoms with Crippen LogP contribution in [0.25, 0.3) is 0 Å². The zero-order valence-electron chi connectivity index (χ0n) is 18.7. The fraction of sp³-hybridized carbons (Fsp3) is 0.231. The first-order valence-electron chi connectivity index (χ1n) is 11.1. The molecule has 0 spiro atoms. The first-order chi connectivity index (χ1) is 16.5. The minimum Gasteiger partial charge on any atom is -0.483 e. The van der Waals surface area contributed by atoms with Crippen LogP contribution in [0.1, 0.15) is 15.9 Å². The first-order valence-corrected chi connectivity index (χ1v) is 11.5. The van der Waals surface area contributed by atoms with Gasteiger partial charge < -0.3 is 20.7 Å². The van der Waals surface area contributed by atoms with Crippen LogP contribution in [0.5, 0.6) is 5.75 Å². The van der Waals surface area contributed by atoms with E-state index in [2.05, 4.69) is 39.4 Å². The number of hydrogen-bond acceptors (Lipinski definition) is 5. The van der Waals surface area contributed by atoms with Crippen LogP contribution in [0.15, 0.2) is 72.8 Å². The van der Waals surface area contributed by atoms with Gasteiger partial charge in [0.15, 0.2) is 6.61 Å². The predicted molar refractivity (Wildman–Crippen MR) is 134 cm³/mol. The molecule has 0 radical (unpaired) electrons. The second kappa shape index (κ2) is 11.0.